The van der Waals surface area contributed by atoms with Gasteiger partial charge in [0, 0.05) is 45.8 Å². The Morgan fingerprint density at radius 2 is 1.16 bits per heavy atom. The predicted octanol–water partition coefficient (Wildman–Crippen LogP) is 12.6. The summed E-state index contributed by atoms with van der Waals surface area (Å²) in [6.45, 7) is 14.9. The maximum Gasteiger partial charge on any atom is 0.269 e. The Bertz CT molecular complexity index is 3220. The molecule has 7 nitrogen and oxygen atoms in total. The van der Waals surface area contributed by atoms with Gasteiger partial charge in [0.05, 0.1) is 33.4 Å². The molecular weight excluding hydrogens is 749 g/mol. The van der Waals surface area contributed by atoms with Crippen molar-refractivity contribution in [1.82, 2.24) is 24.1 Å². The number of fused-ring (bicyclic) bond motifs is 4. The first-order valence-corrected chi connectivity index (χ1v) is 20.8. The molecule has 0 radical (unpaired) electrons. The normalized spacial score (nSPS) is 11.9. The van der Waals surface area contributed by atoms with Crippen LogP contribution in [0.15, 0.2) is 152 Å². The standard InChI is InChI=1S/C54H46N6O/c1-34-26-38(27-35(2)56-34)44-17-13-18-45(39-28-36(3)57-37(4)29-39)53(44)59-33-58(49-20-10-11-21-50(49)59)41-14-12-15-42(31-41)61-43-22-23-47-46-16-8-9-19-48(46)60(51(47)32-43)52-30-40(24-25-55-52)54(5,6)7/h8-32H,1-7H3. The van der Waals surface area contributed by atoms with E-state index in [0.717, 1.165) is 101 Å². The Hall–Kier alpha value is -7.38. The minimum Gasteiger partial charge on any atom is -0.458 e. The van der Waals surface area contributed by atoms with Crippen molar-refractivity contribution in [2.75, 3.05) is 0 Å². The molecule has 5 aromatic carbocycles. The molecule has 10 aromatic rings. The van der Waals surface area contributed by atoms with Crippen LogP contribution in [0.25, 0.3) is 72.3 Å². The fourth-order valence-electron chi connectivity index (χ4n) is 8.74. The molecule has 0 saturated carbocycles. The molecular formula is C54H46N6O. The third-order valence-electron chi connectivity index (χ3n) is 11.4. The van der Waals surface area contributed by atoms with Crippen molar-refractivity contribution in [1.29, 1.82) is 0 Å². The first-order chi connectivity index (χ1) is 29.5. The highest BCUT2D eigenvalue weighted by Crippen LogP contribution is 2.38. The van der Waals surface area contributed by atoms with Crippen molar-refractivity contribution in [3.8, 4) is 50.9 Å². The molecule has 5 aromatic heterocycles. The summed E-state index contributed by atoms with van der Waals surface area (Å²) in [5.74, 6) is 2.34. The second-order valence-corrected chi connectivity index (χ2v) is 17.0. The van der Waals surface area contributed by atoms with Crippen molar-refractivity contribution in [2.45, 2.75) is 53.9 Å². The lowest BCUT2D eigenvalue weighted by Crippen LogP contribution is -2.31. The molecule has 61 heavy (non-hydrogen) atoms. The second kappa shape index (κ2) is 14.7. The Labute approximate surface area is 356 Å². The number of aromatic nitrogens is 6. The highest BCUT2D eigenvalue weighted by molar-refractivity contribution is 6.09. The van der Waals surface area contributed by atoms with E-state index in [2.05, 4.69) is 202 Å². The Morgan fingerprint density at radius 3 is 1.85 bits per heavy atom. The number of pyridine rings is 3. The SMILES string of the molecule is Cc1cc(-c2cccc(-c3cc(C)nc(C)c3)c2-[n+]2[c-]n(-c3cccc(Oc4ccc5c6ccccc6n(-c6cc(C(C)(C)C)ccn6)c5c4)c3)c3ccccc32)cc(C)n1. The average molecular weight is 795 g/mol. The Kier molecular flexibility index (Phi) is 9.13. The number of hydrogen-bond donors (Lipinski definition) is 0. The monoisotopic (exact) mass is 794 g/mol. The van der Waals surface area contributed by atoms with E-state index < -0.39 is 0 Å². The molecule has 0 aliphatic rings. The van der Waals surface area contributed by atoms with E-state index >= 15 is 0 Å². The van der Waals surface area contributed by atoms with Gasteiger partial charge in [-0.2, -0.15) is 0 Å². The minimum absolute atomic E-state index is 0.0150. The van der Waals surface area contributed by atoms with Gasteiger partial charge in [0.25, 0.3) is 6.33 Å². The number of aryl methyl sites for hydroxylation is 4. The Balaban J connectivity index is 1.10. The maximum absolute atomic E-state index is 6.74. The van der Waals surface area contributed by atoms with Gasteiger partial charge in [-0.1, -0.05) is 87.5 Å². The van der Waals surface area contributed by atoms with Crippen LogP contribution in [-0.2, 0) is 5.41 Å². The van der Waals surface area contributed by atoms with Crippen molar-refractivity contribution < 1.29 is 9.30 Å². The first-order valence-electron chi connectivity index (χ1n) is 20.8. The molecule has 298 valence electrons. The first kappa shape index (κ1) is 37.9. The molecule has 0 unspecified atom stereocenters. The number of ether oxygens (including phenoxy) is 1. The fourth-order valence-corrected chi connectivity index (χ4v) is 8.74. The van der Waals surface area contributed by atoms with Crippen molar-refractivity contribution in [3.63, 3.8) is 0 Å². The Morgan fingerprint density at radius 1 is 0.557 bits per heavy atom. The average Bonchev–Trinajstić information content (AvgIpc) is 3.78. The van der Waals surface area contributed by atoms with Gasteiger partial charge in [-0.25, -0.2) is 4.98 Å². The summed E-state index contributed by atoms with van der Waals surface area (Å²) in [5, 5.41) is 2.32. The summed E-state index contributed by atoms with van der Waals surface area (Å²) in [6, 6.07) is 51.1. The zero-order valence-electron chi connectivity index (χ0n) is 35.5. The summed E-state index contributed by atoms with van der Waals surface area (Å²) < 4.78 is 13.3. The molecule has 0 aliphatic heterocycles. The van der Waals surface area contributed by atoms with Gasteiger partial charge >= 0.3 is 0 Å². The number of hydrogen-bond acceptors (Lipinski definition) is 4. The zero-order chi connectivity index (χ0) is 42.0. The lowest BCUT2D eigenvalue weighted by atomic mass is 9.88. The van der Waals surface area contributed by atoms with Crippen LogP contribution in [-0.4, -0.2) is 24.1 Å². The molecule has 0 amide bonds. The van der Waals surface area contributed by atoms with Gasteiger partial charge < -0.3 is 4.74 Å². The van der Waals surface area contributed by atoms with E-state index in [1.54, 1.807) is 0 Å². The summed E-state index contributed by atoms with van der Waals surface area (Å²) in [6.07, 6.45) is 5.72. The zero-order valence-corrected chi connectivity index (χ0v) is 35.5. The molecule has 0 fully saturated rings. The highest BCUT2D eigenvalue weighted by atomic mass is 16.5. The lowest BCUT2D eigenvalue weighted by molar-refractivity contribution is -0.571. The van der Waals surface area contributed by atoms with Crippen LogP contribution in [0.1, 0.15) is 49.1 Å². The minimum atomic E-state index is -0.0150. The number of imidazole rings is 1. The second-order valence-electron chi connectivity index (χ2n) is 17.0. The molecule has 0 aliphatic carbocycles. The topological polar surface area (TPSA) is 61.6 Å². The van der Waals surface area contributed by atoms with Crippen LogP contribution in [0, 0.1) is 34.0 Å². The van der Waals surface area contributed by atoms with Crippen molar-refractivity contribution in [2.24, 2.45) is 0 Å². The molecule has 10 rings (SSSR count). The van der Waals surface area contributed by atoms with Crippen molar-refractivity contribution in [3.05, 3.63) is 186 Å². The number of benzene rings is 5. The smallest absolute Gasteiger partial charge is 0.269 e. The van der Waals surface area contributed by atoms with E-state index in [1.165, 1.54) is 10.9 Å². The van der Waals surface area contributed by atoms with E-state index in [0.29, 0.717) is 0 Å². The quantitative estimate of drug-likeness (QED) is 0.119. The van der Waals surface area contributed by atoms with Gasteiger partial charge in [-0.05, 0) is 134 Å². The third-order valence-corrected chi connectivity index (χ3v) is 11.4. The summed E-state index contributed by atoms with van der Waals surface area (Å²) in [5.41, 5.74) is 15.6. The summed E-state index contributed by atoms with van der Waals surface area (Å²) >= 11 is 0. The molecule has 5 heterocycles. The van der Waals surface area contributed by atoms with Gasteiger partial charge in [-0.15, -0.1) is 0 Å². The lowest BCUT2D eigenvalue weighted by Gasteiger charge is -2.20. The molecule has 0 spiro atoms. The van der Waals surface area contributed by atoms with E-state index in [9.17, 15) is 0 Å². The largest absolute Gasteiger partial charge is 0.458 e. The molecule has 7 heteroatoms. The van der Waals surface area contributed by atoms with Crippen LogP contribution in [0.5, 0.6) is 11.5 Å². The van der Waals surface area contributed by atoms with Crippen LogP contribution in [0.3, 0.4) is 0 Å². The summed E-state index contributed by atoms with van der Waals surface area (Å²) in [4.78, 5) is 14.3. The molecule has 0 atom stereocenters. The predicted molar refractivity (Wildman–Crippen MR) is 246 cm³/mol. The number of para-hydroxylation sites is 4. The van der Waals surface area contributed by atoms with E-state index in [1.807, 2.05) is 18.3 Å². The van der Waals surface area contributed by atoms with Crippen LogP contribution in [0.2, 0.25) is 0 Å². The van der Waals surface area contributed by atoms with E-state index in [-0.39, 0.29) is 5.41 Å². The number of rotatable bonds is 7. The van der Waals surface area contributed by atoms with Gasteiger partial charge in [0.2, 0.25) is 0 Å². The van der Waals surface area contributed by atoms with Crippen LogP contribution in [0.4, 0.5) is 0 Å². The summed E-state index contributed by atoms with van der Waals surface area (Å²) in [7, 11) is 0. The van der Waals surface area contributed by atoms with Crippen LogP contribution >= 0.6 is 0 Å². The number of nitrogens with zero attached hydrogens (tertiary/aromatic N) is 6. The van der Waals surface area contributed by atoms with Crippen molar-refractivity contribution >= 4 is 32.8 Å². The fraction of sp³-hybridized carbons (Fsp3) is 0.148. The molecule has 0 bridgehead atoms. The van der Waals surface area contributed by atoms with Gasteiger partial charge in [0.15, 0.2) is 0 Å². The molecule has 0 N–H and O–H groups in total. The van der Waals surface area contributed by atoms with Gasteiger partial charge in [-0.3, -0.25) is 23.7 Å². The van der Waals surface area contributed by atoms with Gasteiger partial charge in [0.1, 0.15) is 17.3 Å². The van der Waals surface area contributed by atoms with E-state index in [4.69, 9.17) is 19.7 Å². The third kappa shape index (κ3) is 6.92. The molecule has 0 saturated heterocycles. The van der Waals surface area contributed by atoms with Crippen LogP contribution < -0.4 is 9.30 Å². The maximum atomic E-state index is 6.74. The highest BCUT2D eigenvalue weighted by Gasteiger charge is 2.22.